The molecular weight excluding hydrogens is 529 g/mol. The van der Waals surface area contributed by atoms with Crippen molar-refractivity contribution in [1.29, 1.82) is 0 Å². The zero-order valence-electron chi connectivity index (χ0n) is 22.0. The van der Waals surface area contributed by atoms with Crippen molar-refractivity contribution in [2.24, 2.45) is 12.8 Å². The van der Waals surface area contributed by atoms with Gasteiger partial charge < -0.3 is 31.7 Å². The predicted octanol–water partition coefficient (Wildman–Crippen LogP) is 4.10. The number of nitrogens with zero attached hydrogens (tertiary/aromatic N) is 4. The van der Waals surface area contributed by atoms with E-state index in [-0.39, 0.29) is 16.9 Å². The molecule has 2 atom stereocenters. The summed E-state index contributed by atoms with van der Waals surface area (Å²) in [4.78, 5) is 29.5. The third-order valence-electron chi connectivity index (χ3n) is 6.20. The van der Waals surface area contributed by atoms with Crippen LogP contribution in [0.25, 0.3) is 10.9 Å². The van der Waals surface area contributed by atoms with Crippen molar-refractivity contribution >= 4 is 46.0 Å². The second-order valence-corrected chi connectivity index (χ2v) is 9.31. The van der Waals surface area contributed by atoms with E-state index in [9.17, 15) is 23.5 Å². The van der Waals surface area contributed by atoms with E-state index in [0.717, 1.165) is 29.1 Å². The van der Waals surface area contributed by atoms with Gasteiger partial charge in [-0.05, 0) is 48.9 Å². The number of aromatic nitrogens is 3. The Morgan fingerprint density at radius 1 is 1.02 bits per heavy atom. The summed E-state index contributed by atoms with van der Waals surface area (Å²) < 4.78 is 44.5. The molecule has 0 saturated heterocycles. The smallest absolute Gasteiger partial charge is 0.404 e. The maximum atomic E-state index is 15.2. The molecule has 210 valence electrons. The molecule has 0 fully saturated rings. The van der Waals surface area contributed by atoms with Crippen molar-refractivity contribution in [1.82, 2.24) is 20.1 Å². The number of carboxylic acid groups (broad SMARTS) is 1. The lowest BCUT2D eigenvalue weighted by Gasteiger charge is -2.27. The van der Waals surface area contributed by atoms with E-state index in [2.05, 4.69) is 26.0 Å². The van der Waals surface area contributed by atoms with Gasteiger partial charge in [-0.15, -0.1) is 0 Å². The number of anilines is 4. The van der Waals surface area contributed by atoms with E-state index in [1.165, 1.54) is 13.0 Å². The van der Waals surface area contributed by atoms with E-state index < -0.39 is 47.4 Å². The number of rotatable bonds is 9. The number of amides is 2. The van der Waals surface area contributed by atoms with Gasteiger partial charge in [0.2, 0.25) is 0 Å². The lowest BCUT2D eigenvalue weighted by molar-refractivity contribution is 0.1000. The highest BCUT2D eigenvalue weighted by Crippen LogP contribution is 2.31. The van der Waals surface area contributed by atoms with Gasteiger partial charge in [0.25, 0.3) is 5.91 Å². The second kappa shape index (κ2) is 11.0. The van der Waals surface area contributed by atoms with Crippen LogP contribution in [0.5, 0.6) is 0 Å². The first-order valence-corrected chi connectivity index (χ1v) is 12.0. The van der Waals surface area contributed by atoms with Crippen LogP contribution in [-0.4, -0.2) is 52.0 Å². The molecule has 0 aliphatic heterocycles. The van der Waals surface area contributed by atoms with E-state index in [1.807, 2.05) is 25.1 Å². The summed E-state index contributed by atoms with van der Waals surface area (Å²) in [6.07, 6.45) is -1.38. The van der Waals surface area contributed by atoms with Crippen LogP contribution in [0.2, 0.25) is 0 Å². The molecule has 6 N–H and O–H groups in total. The molecule has 2 aromatic heterocycles. The average molecular weight is 557 g/mol. The van der Waals surface area contributed by atoms with Gasteiger partial charge in [0, 0.05) is 32.2 Å². The second-order valence-electron chi connectivity index (χ2n) is 9.31. The van der Waals surface area contributed by atoms with Crippen LogP contribution < -0.4 is 26.6 Å². The van der Waals surface area contributed by atoms with Gasteiger partial charge in [-0.1, -0.05) is 6.07 Å². The average Bonchev–Trinajstić information content (AvgIpc) is 3.21. The minimum atomic E-state index is -1.38. The molecular formula is C26H27F3N8O3. The SMILES string of the molecule is C[C@H](NC(=O)O)[C@H](Nc1nc(Nc2ccc3c(c2)c(N(C)C)nn3C)c(C(N)=O)cc1F)c1ccc(F)c(F)c1. The Hall–Kier alpha value is -5.01. The van der Waals surface area contributed by atoms with E-state index in [4.69, 9.17) is 5.73 Å². The van der Waals surface area contributed by atoms with Gasteiger partial charge in [0.05, 0.1) is 23.2 Å². The molecule has 11 nitrogen and oxygen atoms in total. The van der Waals surface area contributed by atoms with Gasteiger partial charge in [-0.25, -0.2) is 22.9 Å². The van der Waals surface area contributed by atoms with Crippen LogP contribution in [-0.2, 0) is 7.05 Å². The quantitative estimate of drug-likeness (QED) is 0.207. The van der Waals surface area contributed by atoms with Crippen LogP contribution in [0, 0.1) is 17.5 Å². The lowest BCUT2D eigenvalue weighted by atomic mass is 10.00. The summed E-state index contributed by atoms with van der Waals surface area (Å²) in [6, 6.07) is 7.12. The number of nitrogens with two attached hydrogens (primary N) is 1. The van der Waals surface area contributed by atoms with Crippen molar-refractivity contribution in [3.05, 3.63) is 71.0 Å². The van der Waals surface area contributed by atoms with Crippen LogP contribution >= 0.6 is 0 Å². The number of benzene rings is 2. The highest BCUT2D eigenvalue weighted by molar-refractivity contribution is 5.99. The summed E-state index contributed by atoms with van der Waals surface area (Å²) >= 11 is 0. The fourth-order valence-corrected chi connectivity index (χ4v) is 4.29. The molecule has 2 aromatic carbocycles. The molecule has 0 aliphatic rings. The molecule has 2 amide bonds. The topological polar surface area (TPSA) is 150 Å². The van der Waals surface area contributed by atoms with E-state index in [0.29, 0.717) is 11.5 Å². The van der Waals surface area contributed by atoms with Crippen molar-refractivity contribution < 1.29 is 27.9 Å². The van der Waals surface area contributed by atoms with E-state index in [1.54, 1.807) is 23.9 Å². The molecule has 14 heteroatoms. The number of carbonyl (C=O) groups is 2. The number of fused-ring (bicyclic) bond motifs is 1. The minimum Gasteiger partial charge on any atom is -0.465 e. The number of nitrogens with one attached hydrogen (secondary N) is 3. The number of aryl methyl sites for hydroxylation is 1. The summed E-state index contributed by atoms with van der Waals surface area (Å²) in [5.74, 6) is -3.99. The molecule has 40 heavy (non-hydrogen) atoms. The Balaban J connectivity index is 1.76. The van der Waals surface area contributed by atoms with Crippen LogP contribution in [0.1, 0.15) is 28.9 Å². The maximum absolute atomic E-state index is 15.2. The van der Waals surface area contributed by atoms with Crippen molar-refractivity contribution in [2.45, 2.75) is 19.0 Å². The van der Waals surface area contributed by atoms with Crippen molar-refractivity contribution in [3.8, 4) is 0 Å². The van der Waals surface area contributed by atoms with E-state index >= 15 is 4.39 Å². The highest BCUT2D eigenvalue weighted by atomic mass is 19.2. The summed E-state index contributed by atoms with van der Waals surface area (Å²) in [7, 11) is 5.49. The Labute approximate surface area is 226 Å². The Morgan fingerprint density at radius 3 is 2.38 bits per heavy atom. The monoisotopic (exact) mass is 556 g/mol. The first-order valence-electron chi connectivity index (χ1n) is 12.0. The molecule has 4 aromatic rings. The Bertz CT molecular complexity index is 1610. The third-order valence-corrected chi connectivity index (χ3v) is 6.20. The number of carbonyl (C=O) groups excluding carboxylic acids is 1. The van der Waals surface area contributed by atoms with Crippen molar-refractivity contribution in [2.75, 3.05) is 29.6 Å². The number of primary amides is 1. The van der Waals surface area contributed by atoms with Crippen LogP contribution in [0.4, 0.5) is 41.1 Å². The maximum Gasteiger partial charge on any atom is 0.404 e. The largest absolute Gasteiger partial charge is 0.465 e. The molecule has 0 aliphatic carbocycles. The number of pyridine rings is 1. The van der Waals surface area contributed by atoms with Gasteiger partial charge in [-0.2, -0.15) is 5.10 Å². The molecule has 0 radical (unpaired) electrons. The summed E-state index contributed by atoms with van der Waals surface area (Å²) in [5.41, 5.74) is 6.70. The zero-order chi connectivity index (χ0) is 29.3. The molecule has 0 spiro atoms. The minimum absolute atomic E-state index is 0.0890. The first kappa shape index (κ1) is 28.0. The van der Waals surface area contributed by atoms with Gasteiger partial charge >= 0.3 is 6.09 Å². The molecule has 0 saturated carbocycles. The van der Waals surface area contributed by atoms with Gasteiger partial charge in [0.1, 0.15) is 5.82 Å². The number of hydrogen-bond acceptors (Lipinski definition) is 7. The zero-order valence-corrected chi connectivity index (χ0v) is 22.0. The van der Waals surface area contributed by atoms with Crippen molar-refractivity contribution in [3.63, 3.8) is 0 Å². The van der Waals surface area contributed by atoms with Gasteiger partial charge in [0.15, 0.2) is 29.1 Å². The predicted molar refractivity (Wildman–Crippen MR) is 144 cm³/mol. The van der Waals surface area contributed by atoms with Crippen LogP contribution in [0.15, 0.2) is 42.5 Å². The first-order chi connectivity index (χ1) is 18.8. The molecule has 0 bridgehead atoms. The fourth-order valence-electron chi connectivity index (χ4n) is 4.29. The standard InChI is InChI=1S/C26H27F3N8O3/c1-12(31-26(39)40)21(13-5-7-17(27)18(28)9-13)33-24-19(29)11-16(22(30)38)23(34-24)32-14-6-8-20-15(10-14)25(36(2)3)35-37(20)4/h5-12,21,31H,1-4H3,(H2,30,38)(H,39,40)(H2,32,33,34)/t12-,21-/m0/s1. The van der Waals surface area contributed by atoms with Crippen LogP contribution in [0.3, 0.4) is 0 Å². The Morgan fingerprint density at radius 2 is 1.75 bits per heavy atom. The summed E-state index contributed by atoms with van der Waals surface area (Å²) in [5, 5.41) is 22.4. The molecule has 2 heterocycles. The summed E-state index contributed by atoms with van der Waals surface area (Å²) in [6.45, 7) is 1.45. The highest BCUT2D eigenvalue weighted by Gasteiger charge is 2.25. The number of hydrogen-bond donors (Lipinski definition) is 5. The third kappa shape index (κ3) is 5.70. The normalized spacial score (nSPS) is 12.6. The fraction of sp³-hybridized carbons (Fsp3) is 0.231. The lowest BCUT2D eigenvalue weighted by Crippen LogP contribution is -2.39. The molecule has 0 unspecified atom stereocenters. The Kier molecular flexibility index (Phi) is 7.70. The number of halogens is 3. The van der Waals surface area contributed by atoms with Gasteiger partial charge in [-0.3, -0.25) is 9.48 Å². The molecule has 4 rings (SSSR count).